The maximum Gasteiger partial charge on any atom is 0.323 e. The Hall–Kier alpha value is -2.16. The smallest absolute Gasteiger partial charge is 0.323 e. The molecule has 0 saturated heterocycles. The van der Waals surface area contributed by atoms with Gasteiger partial charge in [-0.05, 0) is 19.8 Å². The van der Waals surface area contributed by atoms with Crippen LogP contribution >= 0.6 is 0 Å². The van der Waals surface area contributed by atoms with Crippen LogP contribution in [0.25, 0.3) is 0 Å². The molecular weight excluding hydrogens is 262 g/mol. The van der Waals surface area contributed by atoms with Crippen LogP contribution in [0.3, 0.4) is 0 Å². The van der Waals surface area contributed by atoms with Gasteiger partial charge in [0.25, 0.3) is 0 Å². The van der Waals surface area contributed by atoms with Crippen LogP contribution in [0, 0.1) is 5.92 Å². The number of hydrogen-bond acceptors (Lipinski definition) is 8. The van der Waals surface area contributed by atoms with Gasteiger partial charge >= 0.3 is 6.01 Å². The van der Waals surface area contributed by atoms with Crippen molar-refractivity contribution in [1.82, 2.24) is 20.3 Å². The van der Waals surface area contributed by atoms with Crippen molar-refractivity contribution in [2.24, 2.45) is 11.8 Å². The summed E-state index contributed by atoms with van der Waals surface area (Å²) >= 11 is 0. The molecule has 110 valence electrons. The van der Waals surface area contributed by atoms with Gasteiger partial charge in [-0.3, -0.25) is 10.2 Å². The SMILES string of the molecule is CCOc1nc(NN)nc(NCCNC(=O)C2CC2)n1. The van der Waals surface area contributed by atoms with Gasteiger partial charge in [-0.2, -0.15) is 15.0 Å². The average molecular weight is 281 g/mol. The average Bonchev–Trinajstić information content (AvgIpc) is 3.28. The first-order valence-electron chi connectivity index (χ1n) is 6.60. The number of amides is 1. The van der Waals surface area contributed by atoms with Crippen LogP contribution < -0.4 is 26.6 Å². The van der Waals surface area contributed by atoms with Crippen LogP contribution in [0.2, 0.25) is 0 Å². The second-order valence-electron chi connectivity index (χ2n) is 4.33. The summed E-state index contributed by atoms with van der Waals surface area (Å²) in [5.74, 6) is 6.16. The molecule has 0 spiro atoms. The maximum atomic E-state index is 11.4. The molecule has 0 aliphatic heterocycles. The number of nitrogens with two attached hydrogens (primary N) is 1. The minimum Gasteiger partial charge on any atom is -0.464 e. The Morgan fingerprint density at radius 2 is 2.05 bits per heavy atom. The van der Waals surface area contributed by atoms with Gasteiger partial charge in [0.1, 0.15) is 0 Å². The van der Waals surface area contributed by atoms with E-state index in [0.29, 0.717) is 25.6 Å². The summed E-state index contributed by atoms with van der Waals surface area (Å²) in [7, 11) is 0. The van der Waals surface area contributed by atoms with Crippen LogP contribution in [0.1, 0.15) is 19.8 Å². The fourth-order valence-corrected chi connectivity index (χ4v) is 1.54. The van der Waals surface area contributed by atoms with E-state index in [1.165, 1.54) is 0 Å². The van der Waals surface area contributed by atoms with Crippen molar-refractivity contribution in [2.45, 2.75) is 19.8 Å². The fourth-order valence-electron chi connectivity index (χ4n) is 1.54. The molecule has 0 aromatic carbocycles. The molecule has 0 unspecified atom stereocenters. The molecule has 9 heteroatoms. The molecule has 0 bridgehead atoms. The van der Waals surface area contributed by atoms with E-state index < -0.39 is 0 Å². The van der Waals surface area contributed by atoms with Crippen LogP contribution in [0.4, 0.5) is 11.9 Å². The molecule has 1 aliphatic rings. The molecule has 1 aromatic heterocycles. The molecular formula is C11H19N7O2. The minimum atomic E-state index is 0.113. The van der Waals surface area contributed by atoms with Gasteiger partial charge in [0, 0.05) is 19.0 Å². The highest BCUT2D eigenvalue weighted by molar-refractivity contribution is 5.80. The molecule has 20 heavy (non-hydrogen) atoms. The lowest BCUT2D eigenvalue weighted by molar-refractivity contribution is -0.122. The van der Waals surface area contributed by atoms with E-state index in [9.17, 15) is 4.79 Å². The monoisotopic (exact) mass is 281 g/mol. The van der Waals surface area contributed by atoms with Crippen molar-refractivity contribution in [3.8, 4) is 6.01 Å². The summed E-state index contributed by atoms with van der Waals surface area (Å²) in [6.07, 6.45) is 1.99. The van der Waals surface area contributed by atoms with Gasteiger partial charge in [0.15, 0.2) is 0 Å². The van der Waals surface area contributed by atoms with Gasteiger partial charge in [-0.15, -0.1) is 0 Å². The molecule has 5 N–H and O–H groups in total. The number of ether oxygens (including phenoxy) is 1. The number of rotatable bonds is 8. The third-order valence-electron chi connectivity index (χ3n) is 2.67. The zero-order valence-corrected chi connectivity index (χ0v) is 11.3. The van der Waals surface area contributed by atoms with Gasteiger partial charge in [-0.1, -0.05) is 0 Å². The van der Waals surface area contributed by atoms with Crippen molar-refractivity contribution in [1.29, 1.82) is 0 Å². The number of hydrazine groups is 1. The molecule has 0 atom stereocenters. The summed E-state index contributed by atoms with van der Waals surface area (Å²) in [6.45, 7) is 3.30. The van der Waals surface area contributed by atoms with E-state index in [0.717, 1.165) is 12.8 Å². The molecule has 1 fully saturated rings. The number of nitrogen functional groups attached to an aromatic ring is 1. The number of nitrogens with zero attached hydrogens (tertiary/aromatic N) is 3. The number of carbonyl (C=O) groups excluding carboxylic acids is 1. The van der Waals surface area contributed by atoms with Gasteiger partial charge in [-0.25, -0.2) is 5.84 Å². The van der Waals surface area contributed by atoms with Crippen LogP contribution in [0.5, 0.6) is 6.01 Å². The van der Waals surface area contributed by atoms with Crippen molar-refractivity contribution >= 4 is 17.8 Å². The first-order chi connectivity index (χ1) is 9.72. The summed E-state index contributed by atoms with van der Waals surface area (Å²) in [4.78, 5) is 23.5. The number of hydrogen-bond donors (Lipinski definition) is 4. The molecule has 1 amide bonds. The third kappa shape index (κ3) is 4.19. The number of anilines is 2. The second kappa shape index (κ2) is 6.85. The van der Waals surface area contributed by atoms with Crippen molar-refractivity contribution in [2.75, 3.05) is 30.4 Å². The molecule has 1 aliphatic carbocycles. The molecule has 1 aromatic rings. The standard InChI is InChI=1S/C11H19N7O2/c1-2-20-11-16-9(15-10(17-11)18-12)14-6-5-13-8(19)7-3-4-7/h7H,2-6,12H2,1H3,(H,13,19)(H2,14,15,16,17,18). The Bertz CT molecular complexity index is 464. The zero-order chi connectivity index (χ0) is 14.4. The maximum absolute atomic E-state index is 11.4. The largest absolute Gasteiger partial charge is 0.464 e. The second-order valence-corrected chi connectivity index (χ2v) is 4.33. The van der Waals surface area contributed by atoms with Crippen LogP contribution in [0.15, 0.2) is 0 Å². The summed E-state index contributed by atoms with van der Waals surface area (Å²) < 4.78 is 5.21. The number of carbonyl (C=O) groups is 1. The topological polar surface area (TPSA) is 127 Å². The fraction of sp³-hybridized carbons (Fsp3) is 0.636. The normalized spacial score (nSPS) is 13.7. The number of nitrogens with one attached hydrogen (secondary N) is 3. The molecule has 1 heterocycles. The summed E-state index contributed by atoms with van der Waals surface area (Å²) in [5.41, 5.74) is 2.35. The van der Waals surface area contributed by atoms with Crippen LogP contribution in [-0.2, 0) is 4.79 Å². The molecule has 2 rings (SSSR count). The van der Waals surface area contributed by atoms with Crippen molar-refractivity contribution in [3.63, 3.8) is 0 Å². The molecule has 0 radical (unpaired) electrons. The van der Waals surface area contributed by atoms with Crippen molar-refractivity contribution < 1.29 is 9.53 Å². The minimum absolute atomic E-state index is 0.113. The Balaban J connectivity index is 1.81. The zero-order valence-electron chi connectivity index (χ0n) is 11.3. The summed E-state index contributed by atoms with van der Waals surface area (Å²) in [6, 6.07) is 0.194. The predicted octanol–water partition coefficient (Wildman–Crippen LogP) is -0.506. The third-order valence-corrected chi connectivity index (χ3v) is 2.67. The molecule has 9 nitrogen and oxygen atoms in total. The lowest BCUT2D eigenvalue weighted by Gasteiger charge is -2.09. The van der Waals surface area contributed by atoms with E-state index in [2.05, 4.69) is 31.0 Å². The van der Waals surface area contributed by atoms with Crippen molar-refractivity contribution in [3.05, 3.63) is 0 Å². The summed E-state index contributed by atoms with van der Waals surface area (Å²) in [5, 5.41) is 5.82. The quantitative estimate of drug-likeness (QED) is 0.285. The van der Waals surface area contributed by atoms with Gasteiger partial charge in [0.2, 0.25) is 17.8 Å². The predicted molar refractivity (Wildman–Crippen MR) is 73.0 cm³/mol. The van der Waals surface area contributed by atoms with E-state index in [1.807, 2.05) is 6.92 Å². The first kappa shape index (κ1) is 14.3. The highest BCUT2D eigenvalue weighted by atomic mass is 16.5. The van der Waals surface area contributed by atoms with E-state index in [-0.39, 0.29) is 23.8 Å². The lowest BCUT2D eigenvalue weighted by atomic mass is 10.4. The highest BCUT2D eigenvalue weighted by Crippen LogP contribution is 2.28. The Labute approximate surface area is 116 Å². The Kier molecular flexibility index (Phi) is 4.88. The number of aromatic nitrogens is 3. The van der Waals surface area contributed by atoms with E-state index in [4.69, 9.17) is 10.6 Å². The molecule has 1 saturated carbocycles. The Morgan fingerprint density at radius 1 is 1.30 bits per heavy atom. The van der Waals surface area contributed by atoms with Gasteiger partial charge < -0.3 is 15.4 Å². The van der Waals surface area contributed by atoms with E-state index >= 15 is 0 Å². The highest BCUT2D eigenvalue weighted by Gasteiger charge is 2.28. The lowest BCUT2D eigenvalue weighted by Crippen LogP contribution is -2.30. The Morgan fingerprint density at radius 3 is 2.70 bits per heavy atom. The van der Waals surface area contributed by atoms with E-state index in [1.54, 1.807) is 0 Å². The van der Waals surface area contributed by atoms with Crippen LogP contribution in [-0.4, -0.2) is 40.6 Å². The van der Waals surface area contributed by atoms with Gasteiger partial charge in [0.05, 0.1) is 6.61 Å². The first-order valence-corrected chi connectivity index (χ1v) is 6.60.